The maximum Gasteiger partial charge on any atom is 0.437 e. The van der Waals surface area contributed by atoms with Crippen LogP contribution in [0.4, 0.5) is 32.0 Å². The van der Waals surface area contributed by atoms with Crippen LogP contribution >= 0.6 is 34.2 Å². The van der Waals surface area contributed by atoms with Crippen LogP contribution in [0.5, 0.6) is 0 Å². The fourth-order valence-corrected chi connectivity index (χ4v) is 5.55. The second-order valence-corrected chi connectivity index (χ2v) is 12.0. The summed E-state index contributed by atoms with van der Waals surface area (Å²) >= 11 is 8.33. The summed E-state index contributed by atoms with van der Waals surface area (Å²) in [5, 5.41) is 15.9. The van der Waals surface area contributed by atoms with Gasteiger partial charge in [-0.3, -0.25) is 9.59 Å². The van der Waals surface area contributed by atoms with E-state index in [0.29, 0.717) is 11.5 Å². The molecule has 0 saturated heterocycles. The monoisotopic (exact) mass is 766 g/mol. The molecule has 3 aromatic heterocycles. The topological polar surface area (TPSA) is 120 Å². The lowest BCUT2D eigenvalue weighted by Gasteiger charge is -2.18. The van der Waals surface area contributed by atoms with Gasteiger partial charge in [0.1, 0.15) is 12.2 Å². The molecule has 0 aliphatic heterocycles. The van der Waals surface area contributed by atoms with E-state index in [1.165, 1.54) is 18.3 Å². The van der Waals surface area contributed by atoms with E-state index in [4.69, 9.17) is 11.6 Å². The number of amides is 2. The average molecular weight is 767 g/mol. The van der Waals surface area contributed by atoms with E-state index in [-0.39, 0.29) is 44.3 Å². The van der Waals surface area contributed by atoms with Crippen molar-refractivity contribution in [2.75, 3.05) is 5.32 Å². The number of nitrogens with one attached hydrogen (secondary N) is 2. The summed E-state index contributed by atoms with van der Waals surface area (Å²) < 4.78 is 81.5. The number of aromatic nitrogens is 6. The number of hydrogen-bond acceptors (Lipinski definition) is 6. The van der Waals surface area contributed by atoms with Crippen LogP contribution in [0.3, 0.4) is 0 Å². The van der Waals surface area contributed by atoms with E-state index in [1.807, 2.05) is 29.5 Å². The lowest BCUT2D eigenvalue weighted by Crippen LogP contribution is -2.35. The number of benzene rings is 1. The Labute approximate surface area is 269 Å². The number of hydrogen-bond donors (Lipinski definition) is 2. The van der Waals surface area contributed by atoms with Crippen molar-refractivity contribution in [1.29, 1.82) is 0 Å². The van der Waals surface area contributed by atoms with E-state index in [9.17, 15) is 35.9 Å². The van der Waals surface area contributed by atoms with Crippen LogP contribution in [0, 0.1) is 16.4 Å². The van der Waals surface area contributed by atoms with Crippen LogP contribution in [0.2, 0.25) is 5.02 Å². The van der Waals surface area contributed by atoms with E-state index in [0.717, 1.165) is 27.2 Å². The Morgan fingerprint density at radius 1 is 1.04 bits per heavy atom. The van der Waals surface area contributed by atoms with Crippen molar-refractivity contribution in [3.8, 4) is 5.82 Å². The second kappa shape index (κ2) is 12.2. The zero-order valence-electron chi connectivity index (χ0n) is 23.3. The number of anilines is 1. The number of rotatable bonds is 8. The third-order valence-electron chi connectivity index (χ3n) is 6.90. The van der Waals surface area contributed by atoms with Gasteiger partial charge >= 0.3 is 12.4 Å². The summed E-state index contributed by atoms with van der Waals surface area (Å²) in [6.07, 6.45) is -7.51. The third kappa shape index (κ3) is 7.23. The van der Waals surface area contributed by atoms with Gasteiger partial charge in [-0.1, -0.05) is 11.6 Å². The molecule has 4 aromatic rings. The van der Waals surface area contributed by atoms with E-state index >= 15 is 0 Å². The van der Waals surface area contributed by atoms with Crippen molar-refractivity contribution in [1.82, 2.24) is 35.1 Å². The smallest absolute Gasteiger partial charge is 0.349 e. The predicted octanol–water partition coefficient (Wildman–Crippen LogP) is 6.29. The molecule has 1 aliphatic rings. The van der Waals surface area contributed by atoms with Gasteiger partial charge in [0.05, 0.1) is 22.0 Å². The van der Waals surface area contributed by atoms with Gasteiger partial charge < -0.3 is 10.6 Å². The van der Waals surface area contributed by atoms with E-state index in [1.54, 1.807) is 19.1 Å². The number of nitrogens with zero attached hydrogens (tertiary/aromatic N) is 6. The minimum atomic E-state index is -5.43. The van der Waals surface area contributed by atoms with Crippen molar-refractivity contribution in [2.24, 2.45) is 5.92 Å². The van der Waals surface area contributed by atoms with Crippen molar-refractivity contribution >= 4 is 51.7 Å². The molecule has 1 saturated carbocycles. The lowest BCUT2D eigenvalue weighted by atomic mass is 10.1. The highest BCUT2D eigenvalue weighted by Crippen LogP contribution is 2.38. The van der Waals surface area contributed by atoms with Crippen LogP contribution in [0.15, 0.2) is 36.5 Å². The van der Waals surface area contributed by atoms with Gasteiger partial charge in [-0.05, 0) is 91.1 Å². The maximum absolute atomic E-state index is 13.7. The summed E-state index contributed by atoms with van der Waals surface area (Å²) in [4.78, 5) is 31.3. The van der Waals surface area contributed by atoms with Gasteiger partial charge in [0.15, 0.2) is 17.2 Å². The fraction of sp³-hybridized carbons (Fsp3) is 0.333. The van der Waals surface area contributed by atoms with Gasteiger partial charge in [0.25, 0.3) is 11.8 Å². The molecule has 2 amide bonds. The first-order valence-electron chi connectivity index (χ1n) is 13.2. The predicted molar refractivity (Wildman–Crippen MR) is 157 cm³/mol. The average Bonchev–Trinajstić information content (AvgIpc) is 3.56. The zero-order valence-corrected chi connectivity index (χ0v) is 26.2. The Morgan fingerprint density at radius 2 is 1.69 bits per heavy atom. The Bertz CT molecular complexity index is 1750. The molecular weight excluding hydrogens is 745 g/mol. The summed E-state index contributed by atoms with van der Waals surface area (Å²) in [7, 11) is 0. The summed E-state index contributed by atoms with van der Waals surface area (Å²) in [5.41, 5.74) is -3.90. The molecular formula is C27H22ClF6IN8O2. The Morgan fingerprint density at radius 3 is 2.27 bits per heavy atom. The van der Waals surface area contributed by atoms with Crippen LogP contribution in [-0.4, -0.2) is 47.6 Å². The molecule has 1 aliphatic carbocycles. The van der Waals surface area contributed by atoms with Crippen molar-refractivity contribution in [3.63, 3.8) is 0 Å². The van der Waals surface area contributed by atoms with Gasteiger partial charge in [-0.25, -0.2) is 9.67 Å². The molecule has 0 bridgehead atoms. The summed E-state index contributed by atoms with van der Waals surface area (Å²) in [5.74, 6) is -0.898. The van der Waals surface area contributed by atoms with Gasteiger partial charge in [0, 0.05) is 15.8 Å². The highest BCUT2D eigenvalue weighted by atomic mass is 127. The van der Waals surface area contributed by atoms with Crippen molar-refractivity contribution < 1.29 is 35.9 Å². The zero-order chi connectivity index (χ0) is 32.8. The number of carbonyl (C=O) groups excluding carboxylic acids is 2. The Kier molecular flexibility index (Phi) is 8.87. The number of alkyl halides is 6. The maximum atomic E-state index is 13.7. The molecule has 1 unspecified atom stereocenters. The van der Waals surface area contributed by atoms with E-state index < -0.39 is 42.1 Å². The van der Waals surface area contributed by atoms with Crippen LogP contribution < -0.4 is 10.6 Å². The molecule has 3 heterocycles. The first kappa shape index (κ1) is 32.6. The standard InChI is InChI=1S/C27H22ClF6IN8O2/c1-12-8-15(35)9-17(24(44)37-13(2)14-5-6-14)20(12)38-25(45)19-10-16(39-43(19)23-18(28)4-3-7-36-23)11-42-40-21(26(29,30)31)22(41-42)27(32,33)34/h3-4,7-10,13-14H,5-6,11H2,1-2H3,(H,37,44)(H,38,45). The van der Waals surface area contributed by atoms with Crippen molar-refractivity contribution in [2.45, 2.75) is 51.6 Å². The normalized spacial score (nSPS) is 14.4. The number of halogens is 8. The molecule has 0 radical (unpaired) electrons. The van der Waals surface area contributed by atoms with Crippen LogP contribution in [0.1, 0.15) is 63.3 Å². The highest BCUT2D eigenvalue weighted by molar-refractivity contribution is 14.1. The van der Waals surface area contributed by atoms with Crippen molar-refractivity contribution in [3.05, 3.63) is 79.0 Å². The molecule has 1 atom stereocenters. The van der Waals surface area contributed by atoms with Gasteiger partial charge in [-0.2, -0.15) is 36.2 Å². The largest absolute Gasteiger partial charge is 0.437 e. The highest BCUT2D eigenvalue weighted by Gasteiger charge is 2.48. The first-order valence-corrected chi connectivity index (χ1v) is 14.7. The Hall–Kier alpha value is -3.74. The molecule has 238 valence electrons. The molecule has 1 aromatic carbocycles. The lowest BCUT2D eigenvalue weighted by molar-refractivity contribution is -0.165. The minimum Gasteiger partial charge on any atom is -0.349 e. The molecule has 2 N–H and O–H groups in total. The summed E-state index contributed by atoms with van der Waals surface area (Å²) in [6.45, 7) is 2.82. The number of aryl methyl sites for hydroxylation is 1. The third-order valence-corrected chi connectivity index (χ3v) is 7.82. The Balaban J connectivity index is 1.53. The van der Waals surface area contributed by atoms with Gasteiger partial charge in [-0.15, -0.1) is 10.2 Å². The van der Waals surface area contributed by atoms with Crippen LogP contribution in [0.25, 0.3) is 5.82 Å². The number of carbonyl (C=O) groups is 2. The SMILES string of the molecule is Cc1cc(I)cc(C(=O)NC(C)C2CC2)c1NC(=O)c1cc(Cn2nc(C(F)(F)F)c(C(F)(F)F)n2)nn1-c1ncccc1Cl. The first-order chi connectivity index (χ1) is 21.0. The molecule has 10 nitrogen and oxygen atoms in total. The second-order valence-electron chi connectivity index (χ2n) is 10.4. The molecule has 0 spiro atoms. The molecule has 18 heteroatoms. The molecule has 45 heavy (non-hydrogen) atoms. The molecule has 5 rings (SSSR count). The van der Waals surface area contributed by atoms with Crippen LogP contribution in [-0.2, 0) is 18.9 Å². The minimum absolute atomic E-state index is 0.0386. The molecule has 1 fully saturated rings. The quantitative estimate of drug-likeness (QED) is 0.161. The summed E-state index contributed by atoms with van der Waals surface area (Å²) in [6, 6.07) is 7.34. The fourth-order valence-electron chi connectivity index (χ4n) is 4.57. The van der Waals surface area contributed by atoms with Gasteiger partial charge in [0.2, 0.25) is 0 Å². The van der Waals surface area contributed by atoms with E-state index in [2.05, 4.69) is 30.9 Å². The number of pyridine rings is 1.